The highest BCUT2D eigenvalue weighted by Gasteiger charge is 2.46. The van der Waals surface area contributed by atoms with Gasteiger partial charge in [0.25, 0.3) is 0 Å². The van der Waals surface area contributed by atoms with E-state index in [9.17, 15) is 0 Å². The number of thiophene rings is 1. The van der Waals surface area contributed by atoms with Gasteiger partial charge in [0.05, 0.1) is 11.0 Å². The largest absolute Gasteiger partial charge is 0.456 e. The van der Waals surface area contributed by atoms with Crippen LogP contribution < -0.4 is 15.7 Å². The summed E-state index contributed by atoms with van der Waals surface area (Å²) in [7, 11) is 0. The summed E-state index contributed by atoms with van der Waals surface area (Å²) in [5, 5.41) is 9.65. The molecule has 0 unspecified atom stereocenters. The number of rotatable bonds is 1. The molecule has 0 amide bonds. The zero-order chi connectivity index (χ0) is 41.6. The summed E-state index contributed by atoms with van der Waals surface area (Å²) in [6.07, 6.45) is 0. The summed E-state index contributed by atoms with van der Waals surface area (Å²) in [4.78, 5) is 2.65. The molecular weight excluding hydrogens is 776 g/mol. The van der Waals surface area contributed by atoms with Crippen molar-refractivity contribution in [3.63, 3.8) is 0 Å². The third-order valence-corrected chi connectivity index (χ3v) is 15.2. The van der Waals surface area contributed by atoms with E-state index in [4.69, 9.17) is 8.83 Å². The first-order chi connectivity index (χ1) is 30.0. The van der Waals surface area contributed by atoms with Crippen molar-refractivity contribution in [2.45, 2.75) is 52.4 Å². The van der Waals surface area contributed by atoms with Gasteiger partial charge in [0.1, 0.15) is 22.3 Å². The Morgan fingerprint density at radius 3 is 1.98 bits per heavy atom. The van der Waals surface area contributed by atoms with E-state index in [1.165, 1.54) is 86.2 Å². The van der Waals surface area contributed by atoms with Crippen LogP contribution in [0.5, 0.6) is 0 Å². The van der Waals surface area contributed by atoms with Crippen LogP contribution in [0.25, 0.3) is 103 Å². The molecule has 8 aromatic carbocycles. The molecule has 2 aliphatic rings. The average molecular weight is 817 g/mol. The first-order valence-corrected chi connectivity index (χ1v) is 22.6. The molecule has 0 bridgehead atoms. The molecule has 4 aromatic heterocycles. The van der Waals surface area contributed by atoms with Crippen LogP contribution in [0.2, 0.25) is 0 Å². The minimum atomic E-state index is -0.188. The molecule has 62 heavy (non-hydrogen) atoms. The Balaban J connectivity index is 1.24. The Labute approximate surface area is 362 Å². The van der Waals surface area contributed by atoms with Crippen LogP contribution in [0.1, 0.15) is 52.7 Å². The van der Waals surface area contributed by atoms with Gasteiger partial charge in [-0.15, -0.1) is 11.3 Å². The number of hydrogen-bond donors (Lipinski definition) is 0. The second-order valence-corrected chi connectivity index (χ2v) is 20.8. The third kappa shape index (κ3) is 4.42. The third-order valence-electron chi connectivity index (χ3n) is 14.1. The molecule has 2 aliphatic heterocycles. The molecule has 6 heterocycles. The summed E-state index contributed by atoms with van der Waals surface area (Å²) in [6.45, 7) is 13.6. The van der Waals surface area contributed by atoms with E-state index in [-0.39, 0.29) is 17.7 Å². The van der Waals surface area contributed by atoms with Gasteiger partial charge in [0.15, 0.2) is 0 Å². The molecule has 0 spiro atoms. The van der Waals surface area contributed by atoms with Crippen LogP contribution >= 0.6 is 11.3 Å². The normalized spacial score (nSPS) is 13.9. The number of benzene rings is 8. The highest BCUT2D eigenvalue weighted by Crippen LogP contribution is 2.53. The Bertz CT molecular complexity index is 3960. The van der Waals surface area contributed by atoms with Gasteiger partial charge < -0.3 is 18.2 Å². The maximum absolute atomic E-state index is 7.27. The summed E-state index contributed by atoms with van der Waals surface area (Å²) in [5.74, 6) is 0. The number of anilines is 2. The molecule has 296 valence electrons. The van der Waals surface area contributed by atoms with Crippen molar-refractivity contribution in [2.24, 2.45) is 0 Å². The highest BCUT2D eigenvalue weighted by atomic mass is 32.1. The smallest absolute Gasteiger partial charge is 0.333 e. The summed E-state index contributed by atoms with van der Waals surface area (Å²) < 4.78 is 19.1. The number of aromatic nitrogens is 1. The Kier molecular flexibility index (Phi) is 6.52. The van der Waals surface area contributed by atoms with Gasteiger partial charge in [-0.05, 0) is 87.5 Å². The Morgan fingerprint density at radius 1 is 0.516 bits per heavy atom. The van der Waals surface area contributed by atoms with Gasteiger partial charge >= 0.3 is 6.85 Å². The first kappa shape index (κ1) is 34.9. The fourth-order valence-corrected chi connectivity index (χ4v) is 12.2. The molecule has 12 aromatic rings. The van der Waals surface area contributed by atoms with Crippen LogP contribution in [-0.2, 0) is 10.8 Å². The van der Waals surface area contributed by atoms with Crippen LogP contribution in [0, 0.1) is 0 Å². The first-order valence-electron chi connectivity index (χ1n) is 21.8. The molecular formula is C56H41BN2O2S. The van der Waals surface area contributed by atoms with Crippen LogP contribution in [0.15, 0.2) is 148 Å². The second kappa shape index (κ2) is 11.6. The lowest BCUT2D eigenvalue weighted by Crippen LogP contribution is -2.60. The number of para-hydroxylation sites is 2. The van der Waals surface area contributed by atoms with Crippen LogP contribution in [-0.4, -0.2) is 11.4 Å². The van der Waals surface area contributed by atoms with Crippen LogP contribution in [0.3, 0.4) is 0 Å². The van der Waals surface area contributed by atoms with Crippen molar-refractivity contribution in [3.8, 4) is 16.8 Å². The zero-order valence-corrected chi connectivity index (χ0v) is 36.3. The van der Waals surface area contributed by atoms with E-state index >= 15 is 0 Å². The molecule has 0 aliphatic carbocycles. The fourth-order valence-electron chi connectivity index (χ4n) is 11.1. The molecule has 0 radical (unpaired) electrons. The van der Waals surface area contributed by atoms with Crippen molar-refractivity contribution in [1.29, 1.82) is 0 Å². The van der Waals surface area contributed by atoms with Crippen molar-refractivity contribution >= 4 is 126 Å². The standard InChI is InChI=1S/C56H41BN2O2S/c1-55(2,3)30-19-22-32(23-20-30)59-42-27-37-34-14-9-12-18-47(34)62-48(37)28-39(42)51-52-53-49(50-35-15-8-11-17-45(35)61-54(50)51)38-25-31(56(4,5)6)21-24-41(38)58(53)43-29-46-36(26-40(43)57(52)59)33-13-7-10-16-44(33)60-46/h7-29H,1-6H3. The number of fused-ring (bicyclic) bond motifs is 19. The average Bonchev–Trinajstić information content (AvgIpc) is 4.02. The van der Waals surface area contributed by atoms with Gasteiger partial charge in [-0.1, -0.05) is 120 Å². The van der Waals surface area contributed by atoms with E-state index in [1.807, 2.05) is 11.3 Å². The lowest BCUT2D eigenvalue weighted by molar-refractivity contribution is 0.590. The molecule has 0 fully saturated rings. The van der Waals surface area contributed by atoms with Crippen LogP contribution in [0.4, 0.5) is 11.4 Å². The quantitative estimate of drug-likeness (QED) is 0.155. The van der Waals surface area contributed by atoms with Gasteiger partial charge in [-0.25, -0.2) is 0 Å². The van der Waals surface area contributed by atoms with E-state index in [0.29, 0.717) is 0 Å². The van der Waals surface area contributed by atoms with Gasteiger partial charge in [0, 0.05) is 86.7 Å². The molecule has 6 heteroatoms. The lowest BCUT2D eigenvalue weighted by Gasteiger charge is -2.42. The second-order valence-electron chi connectivity index (χ2n) is 19.7. The maximum Gasteiger partial charge on any atom is 0.333 e. The molecule has 0 saturated carbocycles. The van der Waals surface area contributed by atoms with Gasteiger partial charge in [0.2, 0.25) is 0 Å². The minimum absolute atomic E-state index is 0.0178. The monoisotopic (exact) mass is 816 g/mol. The lowest BCUT2D eigenvalue weighted by atomic mass is 9.43. The Hall–Kier alpha value is -6.76. The summed E-state index contributed by atoms with van der Waals surface area (Å²) in [5.41, 5.74) is 17.1. The summed E-state index contributed by atoms with van der Waals surface area (Å²) in [6, 6.07) is 52.3. The van der Waals surface area contributed by atoms with Crippen molar-refractivity contribution in [1.82, 2.24) is 4.57 Å². The van der Waals surface area contributed by atoms with Crippen molar-refractivity contribution < 1.29 is 8.83 Å². The van der Waals surface area contributed by atoms with E-state index in [0.717, 1.165) is 49.9 Å². The zero-order valence-electron chi connectivity index (χ0n) is 35.5. The Morgan fingerprint density at radius 2 is 1.21 bits per heavy atom. The van der Waals surface area contributed by atoms with Crippen molar-refractivity contribution in [3.05, 3.63) is 151 Å². The minimum Gasteiger partial charge on any atom is -0.456 e. The number of hydrogen-bond acceptors (Lipinski definition) is 4. The predicted molar refractivity (Wildman–Crippen MR) is 265 cm³/mol. The van der Waals surface area contributed by atoms with E-state index in [2.05, 4.69) is 190 Å². The number of furan rings is 2. The SMILES string of the molecule is CC(C)(C)c1ccc(N2B3c4cc5c(cc4-n4c6ccc(C(C)(C)C)cc6c6c7c(oc8ccccc87)c(c3c64)-c3cc4sc6ccccc6c4cc32)oc2ccccc25)cc1. The predicted octanol–water partition coefficient (Wildman–Crippen LogP) is 14.8. The highest BCUT2D eigenvalue weighted by molar-refractivity contribution is 7.25. The fraction of sp³-hybridized carbons (Fsp3) is 0.143. The summed E-state index contributed by atoms with van der Waals surface area (Å²) >= 11 is 1.88. The molecule has 0 N–H and O–H groups in total. The topological polar surface area (TPSA) is 34.5 Å². The maximum atomic E-state index is 7.27. The van der Waals surface area contributed by atoms with Gasteiger partial charge in [-0.2, -0.15) is 0 Å². The van der Waals surface area contributed by atoms with E-state index in [1.54, 1.807) is 0 Å². The molecule has 14 rings (SSSR count). The number of nitrogens with zero attached hydrogens (tertiary/aromatic N) is 2. The molecule has 4 nitrogen and oxygen atoms in total. The van der Waals surface area contributed by atoms with Gasteiger partial charge in [-0.3, -0.25) is 0 Å². The van der Waals surface area contributed by atoms with Crippen molar-refractivity contribution in [2.75, 3.05) is 4.81 Å². The van der Waals surface area contributed by atoms with E-state index < -0.39 is 0 Å². The molecule has 0 saturated heterocycles. The molecule has 0 atom stereocenters.